The molecule has 5 rings (SSSR count). The normalized spacial score (nSPS) is 14.6. The number of hydrogen-bond acceptors (Lipinski definition) is 8. The number of non-ortho nitro benzene ring substituents is 1. The zero-order valence-corrected chi connectivity index (χ0v) is 25.8. The Hall–Kier alpha value is -4.48. The van der Waals surface area contributed by atoms with Gasteiger partial charge in [0.25, 0.3) is 11.6 Å². The summed E-state index contributed by atoms with van der Waals surface area (Å²) in [4.78, 5) is 52.1. The molecular weight excluding hydrogens is 599 g/mol. The molecule has 2 amide bonds. The second-order valence-electron chi connectivity index (χ2n) is 10.5. The minimum Gasteiger partial charge on any atom is -0.462 e. The van der Waals surface area contributed by atoms with Gasteiger partial charge in [-0.2, -0.15) is 0 Å². The molecular formula is C33H31N3O6S2. The van der Waals surface area contributed by atoms with Gasteiger partial charge in [-0.1, -0.05) is 43.3 Å². The second-order valence-corrected chi connectivity index (χ2v) is 12.7. The number of carbonyl (C=O) groups excluding carboxylic acids is 3. The van der Waals surface area contributed by atoms with E-state index in [1.807, 2.05) is 36.4 Å². The third-order valence-electron chi connectivity index (χ3n) is 7.25. The van der Waals surface area contributed by atoms with Crippen LogP contribution in [0.25, 0.3) is 0 Å². The third-order valence-corrected chi connectivity index (χ3v) is 9.67. The van der Waals surface area contributed by atoms with E-state index in [9.17, 15) is 24.5 Å². The van der Waals surface area contributed by atoms with Crippen LogP contribution >= 0.6 is 23.1 Å². The molecule has 3 aromatic carbocycles. The first-order chi connectivity index (χ1) is 21.2. The van der Waals surface area contributed by atoms with E-state index in [0.717, 1.165) is 40.2 Å². The minimum atomic E-state index is -0.662. The zero-order valence-electron chi connectivity index (χ0n) is 24.2. The Morgan fingerprint density at radius 1 is 1.05 bits per heavy atom. The highest BCUT2D eigenvalue weighted by atomic mass is 32.2. The molecule has 44 heavy (non-hydrogen) atoms. The van der Waals surface area contributed by atoms with Crippen LogP contribution < -0.4 is 10.6 Å². The SMILES string of the molecule is CCOC(=O)c1c(NC(=O)C(Sc2cccc(NC(=O)c3ccc([N+](=O)[O-])cc3)c2)c2ccccc2)sc2c1CCC(C)C2. The summed E-state index contributed by atoms with van der Waals surface area (Å²) >= 11 is 2.77. The average Bonchev–Trinajstić information content (AvgIpc) is 3.37. The number of ether oxygens (including phenoxy) is 1. The molecule has 1 aliphatic carbocycles. The largest absolute Gasteiger partial charge is 0.462 e. The number of nitro groups is 1. The number of thioether (sulfide) groups is 1. The van der Waals surface area contributed by atoms with Gasteiger partial charge in [0.2, 0.25) is 5.91 Å². The van der Waals surface area contributed by atoms with Crippen LogP contribution in [-0.4, -0.2) is 29.3 Å². The Labute approximate surface area is 263 Å². The number of fused-ring (bicyclic) bond motifs is 1. The average molecular weight is 630 g/mol. The van der Waals surface area contributed by atoms with Crippen molar-refractivity contribution in [3.8, 4) is 0 Å². The Morgan fingerprint density at radius 2 is 1.80 bits per heavy atom. The molecule has 2 atom stereocenters. The maximum absolute atomic E-state index is 14.0. The molecule has 0 aliphatic heterocycles. The molecule has 1 aromatic heterocycles. The quantitative estimate of drug-likeness (QED) is 0.0797. The van der Waals surface area contributed by atoms with Crippen LogP contribution in [0.1, 0.15) is 62.2 Å². The number of nitro benzene ring substituents is 1. The molecule has 9 nitrogen and oxygen atoms in total. The molecule has 11 heteroatoms. The fourth-order valence-corrected chi connectivity index (χ4v) is 7.54. The molecule has 0 saturated heterocycles. The third kappa shape index (κ3) is 7.17. The number of carbonyl (C=O) groups is 3. The number of anilines is 2. The number of hydrogen-bond donors (Lipinski definition) is 2. The molecule has 1 aliphatic rings. The first-order valence-corrected chi connectivity index (χ1v) is 15.9. The van der Waals surface area contributed by atoms with Crippen LogP contribution in [0.4, 0.5) is 16.4 Å². The van der Waals surface area contributed by atoms with Crippen molar-refractivity contribution in [2.45, 2.75) is 43.3 Å². The van der Waals surface area contributed by atoms with E-state index in [1.165, 1.54) is 47.4 Å². The van der Waals surface area contributed by atoms with Crippen LogP contribution in [-0.2, 0) is 22.4 Å². The fourth-order valence-electron chi connectivity index (χ4n) is 5.06. The number of amides is 2. The van der Waals surface area contributed by atoms with Gasteiger partial charge in [0.05, 0.1) is 17.1 Å². The fraction of sp³-hybridized carbons (Fsp3) is 0.242. The number of nitrogens with one attached hydrogen (secondary N) is 2. The zero-order chi connectivity index (χ0) is 31.2. The van der Waals surface area contributed by atoms with Crippen LogP contribution in [0.2, 0.25) is 0 Å². The van der Waals surface area contributed by atoms with Gasteiger partial charge in [-0.15, -0.1) is 23.1 Å². The van der Waals surface area contributed by atoms with Gasteiger partial charge in [0.15, 0.2) is 0 Å². The molecule has 2 N–H and O–H groups in total. The highest BCUT2D eigenvalue weighted by Crippen LogP contribution is 2.42. The van der Waals surface area contributed by atoms with E-state index in [2.05, 4.69) is 17.6 Å². The van der Waals surface area contributed by atoms with Gasteiger partial charge < -0.3 is 15.4 Å². The van der Waals surface area contributed by atoms with Crippen LogP contribution in [0.3, 0.4) is 0 Å². The lowest BCUT2D eigenvalue weighted by Crippen LogP contribution is -2.20. The Balaban J connectivity index is 1.38. The minimum absolute atomic E-state index is 0.100. The van der Waals surface area contributed by atoms with E-state index >= 15 is 0 Å². The van der Waals surface area contributed by atoms with E-state index in [1.54, 1.807) is 25.1 Å². The number of esters is 1. The van der Waals surface area contributed by atoms with Gasteiger partial charge in [-0.25, -0.2) is 4.79 Å². The van der Waals surface area contributed by atoms with E-state index < -0.39 is 22.0 Å². The van der Waals surface area contributed by atoms with Gasteiger partial charge in [-0.05, 0) is 73.6 Å². The van der Waals surface area contributed by atoms with Crippen molar-refractivity contribution in [1.82, 2.24) is 0 Å². The summed E-state index contributed by atoms with van der Waals surface area (Å²) in [6.07, 6.45) is 2.60. The number of benzene rings is 3. The lowest BCUT2D eigenvalue weighted by molar-refractivity contribution is -0.384. The second kappa shape index (κ2) is 13.9. The smallest absolute Gasteiger partial charge is 0.341 e. The van der Waals surface area contributed by atoms with Gasteiger partial charge in [0, 0.05) is 33.2 Å². The number of rotatable bonds is 10. The van der Waals surface area contributed by atoms with E-state index in [0.29, 0.717) is 22.2 Å². The predicted molar refractivity (Wildman–Crippen MR) is 173 cm³/mol. The van der Waals surface area contributed by atoms with Crippen LogP contribution in [0.15, 0.2) is 83.8 Å². The molecule has 1 heterocycles. The Bertz CT molecular complexity index is 1690. The molecule has 0 spiro atoms. The van der Waals surface area contributed by atoms with Crippen molar-refractivity contribution in [2.75, 3.05) is 17.2 Å². The number of nitrogens with zero attached hydrogens (tertiary/aromatic N) is 1. The van der Waals surface area contributed by atoms with E-state index in [4.69, 9.17) is 4.74 Å². The molecule has 0 radical (unpaired) electrons. The highest BCUT2D eigenvalue weighted by Gasteiger charge is 2.31. The van der Waals surface area contributed by atoms with Crippen molar-refractivity contribution in [2.24, 2.45) is 5.92 Å². The standard InChI is InChI=1S/C33H31N3O6S2/c1-3-42-33(39)28-26-17-12-20(2)18-27(26)44-32(28)35-31(38)29(21-8-5-4-6-9-21)43-25-11-7-10-23(19-25)34-30(37)22-13-15-24(16-14-22)36(40)41/h4-11,13-16,19-20,29H,3,12,17-18H2,1-2H3,(H,34,37)(H,35,38). The lowest BCUT2D eigenvalue weighted by Gasteiger charge is -2.19. The summed E-state index contributed by atoms with van der Waals surface area (Å²) in [5, 5.41) is 16.7. The summed E-state index contributed by atoms with van der Waals surface area (Å²) in [5.41, 5.74) is 2.90. The van der Waals surface area contributed by atoms with Crippen molar-refractivity contribution in [3.63, 3.8) is 0 Å². The van der Waals surface area contributed by atoms with Crippen LogP contribution in [0.5, 0.6) is 0 Å². The summed E-state index contributed by atoms with van der Waals surface area (Å²) in [5.74, 6) is -0.614. The molecule has 0 fully saturated rings. The lowest BCUT2D eigenvalue weighted by atomic mass is 9.88. The van der Waals surface area contributed by atoms with Gasteiger partial charge in [-0.3, -0.25) is 19.7 Å². The van der Waals surface area contributed by atoms with Gasteiger partial charge in [0.1, 0.15) is 10.3 Å². The monoisotopic (exact) mass is 629 g/mol. The highest BCUT2D eigenvalue weighted by molar-refractivity contribution is 8.00. The topological polar surface area (TPSA) is 128 Å². The van der Waals surface area contributed by atoms with E-state index in [-0.39, 0.29) is 23.8 Å². The molecule has 0 saturated carbocycles. The Morgan fingerprint density at radius 3 is 2.50 bits per heavy atom. The van der Waals surface area contributed by atoms with Crippen molar-refractivity contribution >= 4 is 57.3 Å². The Kier molecular flexibility index (Phi) is 9.76. The van der Waals surface area contributed by atoms with Crippen LogP contribution in [0, 0.1) is 16.0 Å². The first kappa shape index (κ1) is 31.0. The summed E-state index contributed by atoms with van der Waals surface area (Å²) in [6, 6.07) is 21.9. The van der Waals surface area contributed by atoms with Crippen molar-refractivity contribution in [3.05, 3.63) is 116 Å². The maximum atomic E-state index is 14.0. The summed E-state index contributed by atoms with van der Waals surface area (Å²) < 4.78 is 5.38. The molecule has 2 unspecified atom stereocenters. The number of thiophene rings is 1. The maximum Gasteiger partial charge on any atom is 0.341 e. The summed E-state index contributed by atoms with van der Waals surface area (Å²) in [7, 11) is 0. The molecule has 4 aromatic rings. The first-order valence-electron chi connectivity index (χ1n) is 14.2. The van der Waals surface area contributed by atoms with Crippen molar-refractivity contribution in [1.29, 1.82) is 0 Å². The van der Waals surface area contributed by atoms with Gasteiger partial charge >= 0.3 is 5.97 Å². The van der Waals surface area contributed by atoms with Crippen molar-refractivity contribution < 1.29 is 24.0 Å². The predicted octanol–water partition coefficient (Wildman–Crippen LogP) is 7.68. The summed E-state index contributed by atoms with van der Waals surface area (Å²) in [6.45, 7) is 4.20. The molecule has 226 valence electrons. The molecule has 0 bridgehead atoms.